The summed E-state index contributed by atoms with van der Waals surface area (Å²) in [6.45, 7) is 0. The maximum Gasteiger partial charge on any atom is 0.132 e. The molecule has 4 nitrogen and oxygen atoms in total. The van der Waals surface area contributed by atoms with Gasteiger partial charge in [0.05, 0.1) is 26.0 Å². The van der Waals surface area contributed by atoms with Gasteiger partial charge in [0.25, 0.3) is 0 Å². The van der Waals surface area contributed by atoms with Gasteiger partial charge in [-0.2, -0.15) is 5.26 Å². The van der Waals surface area contributed by atoms with Gasteiger partial charge in [0.1, 0.15) is 27.5 Å². The molecule has 0 atom stereocenters. The maximum absolute atomic E-state index is 8.78. The van der Waals surface area contributed by atoms with Crippen LogP contribution in [0.3, 0.4) is 0 Å². The standard InChI is InChI=1S/C12H10N2O2S/c1-15-8-3-4-10(11(5-8)16-2)12-14-7-9(6-13)17-12/h3-5,7H,1-2H3. The lowest BCUT2D eigenvalue weighted by Gasteiger charge is -2.07. The smallest absolute Gasteiger partial charge is 0.132 e. The average Bonchev–Trinajstić information content (AvgIpc) is 2.86. The molecule has 86 valence electrons. The van der Waals surface area contributed by atoms with Gasteiger partial charge in [0.2, 0.25) is 0 Å². The molecule has 1 heterocycles. The quantitative estimate of drug-likeness (QED) is 0.835. The minimum absolute atomic E-state index is 0.581. The van der Waals surface area contributed by atoms with Crippen molar-refractivity contribution in [3.8, 4) is 28.1 Å². The van der Waals surface area contributed by atoms with Crippen LogP contribution in [0.4, 0.5) is 0 Å². The fourth-order valence-corrected chi connectivity index (χ4v) is 2.17. The second-order valence-electron chi connectivity index (χ2n) is 3.21. The Morgan fingerprint density at radius 3 is 2.71 bits per heavy atom. The van der Waals surface area contributed by atoms with Gasteiger partial charge in [0, 0.05) is 6.07 Å². The van der Waals surface area contributed by atoms with Crippen molar-refractivity contribution in [2.24, 2.45) is 0 Å². The molecule has 0 radical (unpaired) electrons. The molecule has 17 heavy (non-hydrogen) atoms. The summed E-state index contributed by atoms with van der Waals surface area (Å²) in [6, 6.07) is 7.57. The van der Waals surface area contributed by atoms with Crippen molar-refractivity contribution < 1.29 is 9.47 Å². The molecule has 0 N–H and O–H groups in total. The Balaban J connectivity index is 2.48. The van der Waals surface area contributed by atoms with Gasteiger partial charge in [-0.1, -0.05) is 0 Å². The van der Waals surface area contributed by atoms with Gasteiger partial charge in [-0.15, -0.1) is 11.3 Å². The Morgan fingerprint density at radius 1 is 1.29 bits per heavy atom. The Hall–Kier alpha value is -2.06. The van der Waals surface area contributed by atoms with Crippen LogP contribution in [0.5, 0.6) is 11.5 Å². The van der Waals surface area contributed by atoms with E-state index in [0.717, 1.165) is 16.3 Å². The molecular weight excluding hydrogens is 236 g/mol. The zero-order chi connectivity index (χ0) is 12.3. The van der Waals surface area contributed by atoms with Crippen LogP contribution in [0.1, 0.15) is 4.88 Å². The van der Waals surface area contributed by atoms with Crippen molar-refractivity contribution in [3.05, 3.63) is 29.3 Å². The summed E-state index contributed by atoms with van der Waals surface area (Å²) in [7, 11) is 3.20. The summed E-state index contributed by atoms with van der Waals surface area (Å²) in [5.74, 6) is 1.41. The lowest BCUT2D eigenvalue weighted by molar-refractivity contribution is 0.395. The van der Waals surface area contributed by atoms with E-state index in [2.05, 4.69) is 11.1 Å². The van der Waals surface area contributed by atoms with E-state index in [1.54, 1.807) is 26.5 Å². The number of hydrogen-bond acceptors (Lipinski definition) is 5. The number of nitriles is 1. The topological polar surface area (TPSA) is 55.1 Å². The maximum atomic E-state index is 8.78. The largest absolute Gasteiger partial charge is 0.497 e. The van der Waals surface area contributed by atoms with Crippen LogP contribution in [0.25, 0.3) is 10.6 Å². The summed E-state index contributed by atoms with van der Waals surface area (Å²) in [5, 5.41) is 9.54. The highest BCUT2D eigenvalue weighted by atomic mass is 32.1. The molecule has 1 aromatic heterocycles. The Bertz CT molecular complexity index is 572. The third-order valence-corrected chi connectivity index (χ3v) is 3.19. The van der Waals surface area contributed by atoms with Crippen molar-refractivity contribution in [2.75, 3.05) is 14.2 Å². The highest BCUT2D eigenvalue weighted by molar-refractivity contribution is 7.15. The molecule has 0 amide bonds. The van der Waals surface area contributed by atoms with Crippen LogP contribution >= 0.6 is 11.3 Å². The molecular formula is C12H10N2O2S. The zero-order valence-electron chi connectivity index (χ0n) is 9.43. The second-order valence-corrected chi connectivity index (χ2v) is 4.24. The average molecular weight is 246 g/mol. The molecule has 0 unspecified atom stereocenters. The van der Waals surface area contributed by atoms with Crippen molar-refractivity contribution in [3.63, 3.8) is 0 Å². The van der Waals surface area contributed by atoms with Crippen LogP contribution in [-0.4, -0.2) is 19.2 Å². The summed E-state index contributed by atoms with van der Waals surface area (Å²) in [5.41, 5.74) is 0.861. The van der Waals surface area contributed by atoms with Crippen molar-refractivity contribution in [1.29, 1.82) is 5.26 Å². The van der Waals surface area contributed by atoms with Gasteiger partial charge in [-0.3, -0.25) is 0 Å². The summed E-state index contributed by atoms with van der Waals surface area (Å²) >= 11 is 1.34. The zero-order valence-corrected chi connectivity index (χ0v) is 10.2. The van der Waals surface area contributed by atoms with E-state index in [-0.39, 0.29) is 0 Å². The summed E-state index contributed by atoms with van der Waals surface area (Å²) in [4.78, 5) is 4.78. The first-order chi connectivity index (χ1) is 8.28. The normalized spacial score (nSPS) is 9.71. The predicted octanol–water partition coefficient (Wildman–Crippen LogP) is 2.70. The fraction of sp³-hybridized carbons (Fsp3) is 0.167. The predicted molar refractivity (Wildman–Crippen MR) is 65.4 cm³/mol. The first-order valence-electron chi connectivity index (χ1n) is 4.87. The molecule has 0 aliphatic rings. The third-order valence-electron chi connectivity index (χ3n) is 2.25. The number of nitrogens with zero attached hydrogens (tertiary/aromatic N) is 2. The van der Waals surface area contributed by atoms with E-state index in [1.165, 1.54) is 11.3 Å². The van der Waals surface area contributed by atoms with Gasteiger partial charge in [-0.25, -0.2) is 4.98 Å². The Kier molecular flexibility index (Phi) is 3.26. The Labute approximate surface area is 103 Å². The molecule has 2 aromatic rings. The van der Waals surface area contributed by atoms with Crippen LogP contribution in [0.15, 0.2) is 24.4 Å². The SMILES string of the molecule is COc1ccc(-c2ncc(C#N)s2)c(OC)c1. The van der Waals surface area contributed by atoms with E-state index in [9.17, 15) is 0 Å². The van der Waals surface area contributed by atoms with Crippen molar-refractivity contribution >= 4 is 11.3 Å². The number of aromatic nitrogens is 1. The lowest BCUT2D eigenvalue weighted by atomic mass is 10.2. The number of rotatable bonds is 3. The monoisotopic (exact) mass is 246 g/mol. The van der Waals surface area contributed by atoms with Crippen LogP contribution in [0, 0.1) is 11.3 Å². The van der Waals surface area contributed by atoms with E-state index in [1.807, 2.05) is 12.1 Å². The molecule has 1 aromatic carbocycles. The van der Waals surface area contributed by atoms with Gasteiger partial charge >= 0.3 is 0 Å². The van der Waals surface area contributed by atoms with Crippen LogP contribution in [-0.2, 0) is 0 Å². The molecule has 0 spiro atoms. The molecule has 0 fully saturated rings. The highest BCUT2D eigenvalue weighted by Crippen LogP contribution is 2.35. The molecule has 2 rings (SSSR count). The minimum Gasteiger partial charge on any atom is -0.497 e. The molecule has 0 aliphatic carbocycles. The molecule has 0 bridgehead atoms. The van der Waals surface area contributed by atoms with Gasteiger partial charge in [-0.05, 0) is 12.1 Å². The minimum atomic E-state index is 0.581. The van der Waals surface area contributed by atoms with E-state index in [4.69, 9.17) is 14.7 Å². The van der Waals surface area contributed by atoms with Crippen LogP contribution in [0.2, 0.25) is 0 Å². The molecule has 0 aliphatic heterocycles. The number of hydrogen-bond donors (Lipinski definition) is 0. The Morgan fingerprint density at radius 2 is 2.12 bits per heavy atom. The highest BCUT2D eigenvalue weighted by Gasteiger charge is 2.11. The molecule has 0 saturated heterocycles. The van der Waals surface area contributed by atoms with E-state index in [0.29, 0.717) is 10.6 Å². The summed E-state index contributed by atoms with van der Waals surface area (Å²) in [6.07, 6.45) is 1.56. The molecule has 5 heteroatoms. The second kappa shape index (κ2) is 4.85. The van der Waals surface area contributed by atoms with Crippen LogP contribution < -0.4 is 9.47 Å². The number of methoxy groups -OCH3 is 2. The first kappa shape index (κ1) is 11.4. The molecule has 0 saturated carbocycles. The first-order valence-corrected chi connectivity index (χ1v) is 5.68. The van der Waals surface area contributed by atoms with E-state index < -0.39 is 0 Å². The number of benzene rings is 1. The van der Waals surface area contributed by atoms with Gasteiger partial charge in [0.15, 0.2) is 0 Å². The van der Waals surface area contributed by atoms with Crippen molar-refractivity contribution in [1.82, 2.24) is 4.98 Å². The fourth-order valence-electron chi connectivity index (χ4n) is 1.43. The van der Waals surface area contributed by atoms with E-state index >= 15 is 0 Å². The number of ether oxygens (including phenoxy) is 2. The summed E-state index contributed by atoms with van der Waals surface area (Å²) < 4.78 is 10.4. The number of thiazole rings is 1. The third kappa shape index (κ3) is 2.22. The van der Waals surface area contributed by atoms with Crippen molar-refractivity contribution in [2.45, 2.75) is 0 Å². The van der Waals surface area contributed by atoms with Gasteiger partial charge < -0.3 is 9.47 Å². The lowest BCUT2D eigenvalue weighted by Crippen LogP contribution is -1.89.